The number of nitrogens with zero attached hydrogens (tertiary/aromatic N) is 4. The molecule has 2 aromatic heterocycles. The smallest absolute Gasteiger partial charge is 0.279 e. The van der Waals surface area contributed by atoms with Crippen LogP contribution in [-0.2, 0) is 13.5 Å². The number of amides is 1. The maximum atomic E-state index is 13.0. The van der Waals surface area contributed by atoms with Crippen molar-refractivity contribution in [3.05, 3.63) is 81.8 Å². The third-order valence-electron chi connectivity index (χ3n) is 4.21. The van der Waals surface area contributed by atoms with E-state index >= 15 is 0 Å². The summed E-state index contributed by atoms with van der Waals surface area (Å²) in [5.74, 6) is -0.243. The lowest BCUT2D eigenvalue weighted by Gasteiger charge is -2.07. The molecule has 2 N–H and O–H groups in total. The molecule has 2 aromatic carbocycles. The second-order valence-electron chi connectivity index (χ2n) is 6.19. The number of fused-ring (bicyclic) bond motifs is 1. The summed E-state index contributed by atoms with van der Waals surface area (Å²) in [6, 6.07) is 12.8. The predicted molar refractivity (Wildman–Crippen MR) is 101 cm³/mol. The van der Waals surface area contributed by atoms with Crippen LogP contribution in [-0.4, -0.2) is 30.9 Å². The van der Waals surface area contributed by atoms with E-state index in [9.17, 15) is 14.0 Å². The summed E-state index contributed by atoms with van der Waals surface area (Å²) in [5, 5.41) is 14.2. The lowest BCUT2D eigenvalue weighted by atomic mass is 10.1. The highest BCUT2D eigenvalue weighted by Gasteiger charge is 2.17. The monoisotopic (exact) mass is 378 g/mol. The van der Waals surface area contributed by atoms with Crippen molar-refractivity contribution >= 4 is 22.6 Å². The first-order valence-electron chi connectivity index (χ1n) is 8.44. The summed E-state index contributed by atoms with van der Waals surface area (Å²) in [4.78, 5) is 29.1. The molecule has 0 fully saturated rings. The summed E-state index contributed by atoms with van der Waals surface area (Å²) >= 11 is 0. The van der Waals surface area contributed by atoms with E-state index in [1.165, 1.54) is 19.2 Å². The van der Waals surface area contributed by atoms with E-state index < -0.39 is 5.91 Å². The van der Waals surface area contributed by atoms with Gasteiger partial charge in [0, 0.05) is 18.9 Å². The Morgan fingerprint density at radius 3 is 2.61 bits per heavy atom. The van der Waals surface area contributed by atoms with Crippen molar-refractivity contribution in [1.29, 1.82) is 0 Å². The van der Waals surface area contributed by atoms with Gasteiger partial charge in [0.05, 0.1) is 5.39 Å². The molecule has 140 valence electrons. The number of anilines is 1. The van der Waals surface area contributed by atoms with Crippen molar-refractivity contribution in [3.63, 3.8) is 0 Å². The fraction of sp³-hybridized carbons (Fsp3) is 0.105. The van der Waals surface area contributed by atoms with Crippen LogP contribution in [0.5, 0.6) is 0 Å². The lowest BCUT2D eigenvalue weighted by molar-refractivity contribution is 0.102. The first-order valence-corrected chi connectivity index (χ1v) is 8.44. The lowest BCUT2D eigenvalue weighted by Crippen LogP contribution is -2.25. The molecule has 0 bridgehead atoms. The third-order valence-corrected chi connectivity index (χ3v) is 4.21. The van der Waals surface area contributed by atoms with Gasteiger partial charge >= 0.3 is 0 Å². The molecule has 9 heteroatoms. The van der Waals surface area contributed by atoms with Crippen LogP contribution in [0.3, 0.4) is 0 Å². The molecule has 2 heterocycles. The molecule has 28 heavy (non-hydrogen) atoms. The Morgan fingerprint density at radius 2 is 1.86 bits per heavy atom. The van der Waals surface area contributed by atoms with Crippen LogP contribution in [0.2, 0.25) is 0 Å². The highest BCUT2D eigenvalue weighted by atomic mass is 19.1. The molecule has 4 aromatic rings. The van der Waals surface area contributed by atoms with E-state index in [0.29, 0.717) is 23.0 Å². The highest BCUT2D eigenvalue weighted by molar-refractivity contribution is 6.10. The topological polar surface area (TPSA) is 106 Å². The Bertz CT molecular complexity index is 1230. The van der Waals surface area contributed by atoms with Crippen LogP contribution >= 0.6 is 0 Å². The molecule has 0 aliphatic heterocycles. The van der Waals surface area contributed by atoms with Gasteiger partial charge in [-0.1, -0.05) is 30.3 Å². The third kappa shape index (κ3) is 3.37. The normalized spacial score (nSPS) is 10.9. The Balaban J connectivity index is 1.57. The summed E-state index contributed by atoms with van der Waals surface area (Å²) < 4.78 is 14.1. The number of aryl methyl sites for hydroxylation is 1. The standard InChI is InChI=1S/C19H15FN6O2/c1-26-18(28)14-5-3-2-4-13(14)16(25-26)17(27)22-19-21-15(23-24-19)10-11-6-8-12(20)9-7-11/h2-9H,10H2,1H3,(H2,21,22,23,24,27). The molecule has 0 unspecified atom stereocenters. The minimum Gasteiger partial charge on any atom is -0.288 e. The van der Waals surface area contributed by atoms with Gasteiger partial charge in [0.15, 0.2) is 5.69 Å². The van der Waals surface area contributed by atoms with Gasteiger partial charge in [-0.05, 0) is 23.8 Å². The minimum absolute atomic E-state index is 0.0850. The van der Waals surface area contributed by atoms with Crippen molar-refractivity contribution in [2.24, 2.45) is 7.05 Å². The zero-order valence-electron chi connectivity index (χ0n) is 14.8. The number of halogens is 1. The number of aromatic amines is 1. The van der Waals surface area contributed by atoms with Gasteiger partial charge in [-0.3, -0.25) is 20.0 Å². The van der Waals surface area contributed by atoms with E-state index in [1.54, 1.807) is 36.4 Å². The molecule has 8 nitrogen and oxygen atoms in total. The van der Waals surface area contributed by atoms with E-state index in [2.05, 4.69) is 25.6 Å². The number of carbonyl (C=O) groups is 1. The van der Waals surface area contributed by atoms with Gasteiger partial charge in [0.1, 0.15) is 11.6 Å². The first-order chi connectivity index (χ1) is 13.5. The number of benzene rings is 2. The number of H-pyrrole nitrogens is 1. The van der Waals surface area contributed by atoms with Crippen molar-refractivity contribution in [2.75, 3.05) is 5.32 Å². The van der Waals surface area contributed by atoms with E-state index in [1.807, 2.05) is 0 Å². The molecular formula is C19H15FN6O2. The average Bonchev–Trinajstić information content (AvgIpc) is 3.13. The number of aromatic nitrogens is 5. The summed E-state index contributed by atoms with van der Waals surface area (Å²) in [6.45, 7) is 0. The number of nitrogens with one attached hydrogen (secondary N) is 2. The minimum atomic E-state index is -0.529. The molecule has 0 spiro atoms. The van der Waals surface area contributed by atoms with Crippen LogP contribution in [0.25, 0.3) is 10.8 Å². The maximum absolute atomic E-state index is 13.0. The second kappa shape index (κ2) is 7.03. The molecule has 0 radical (unpaired) electrons. The SMILES string of the molecule is Cn1nc(C(=O)Nc2n[nH]c(Cc3ccc(F)cc3)n2)c2ccccc2c1=O. The molecule has 0 saturated carbocycles. The van der Waals surface area contributed by atoms with Crippen molar-refractivity contribution in [2.45, 2.75) is 6.42 Å². The van der Waals surface area contributed by atoms with Crippen molar-refractivity contribution in [1.82, 2.24) is 25.0 Å². The molecule has 0 aliphatic carbocycles. The van der Waals surface area contributed by atoms with Gasteiger partial charge < -0.3 is 0 Å². The number of hydrogen-bond donors (Lipinski definition) is 2. The largest absolute Gasteiger partial charge is 0.288 e. The van der Waals surface area contributed by atoms with E-state index in [4.69, 9.17) is 0 Å². The van der Waals surface area contributed by atoms with Gasteiger partial charge in [-0.25, -0.2) is 9.07 Å². The summed E-state index contributed by atoms with van der Waals surface area (Å²) in [5.41, 5.74) is 0.662. The molecule has 4 rings (SSSR count). The molecule has 0 atom stereocenters. The Labute approximate surface area is 158 Å². The van der Waals surface area contributed by atoms with Crippen molar-refractivity contribution in [3.8, 4) is 0 Å². The first kappa shape index (κ1) is 17.5. The van der Waals surface area contributed by atoms with Crippen LogP contribution in [0.15, 0.2) is 53.3 Å². The number of carbonyl (C=O) groups excluding carboxylic acids is 1. The molecule has 0 aliphatic rings. The molecular weight excluding hydrogens is 363 g/mol. The zero-order valence-corrected chi connectivity index (χ0v) is 14.8. The molecule has 0 saturated heterocycles. The molecule has 1 amide bonds. The van der Waals surface area contributed by atoms with Crippen LogP contribution < -0.4 is 10.9 Å². The summed E-state index contributed by atoms with van der Waals surface area (Å²) in [6.07, 6.45) is 0.407. The van der Waals surface area contributed by atoms with Gasteiger partial charge in [-0.15, -0.1) is 5.10 Å². The zero-order chi connectivity index (χ0) is 19.7. The van der Waals surface area contributed by atoms with Crippen LogP contribution in [0.4, 0.5) is 10.3 Å². The average molecular weight is 378 g/mol. The summed E-state index contributed by atoms with van der Waals surface area (Å²) in [7, 11) is 1.49. The van der Waals surface area contributed by atoms with Gasteiger partial charge in [0.25, 0.3) is 11.5 Å². The second-order valence-corrected chi connectivity index (χ2v) is 6.19. The highest BCUT2D eigenvalue weighted by Crippen LogP contribution is 2.14. The van der Waals surface area contributed by atoms with E-state index in [-0.39, 0.29) is 23.0 Å². The predicted octanol–water partition coefficient (Wildman–Crippen LogP) is 2.03. The van der Waals surface area contributed by atoms with E-state index in [0.717, 1.165) is 10.2 Å². The van der Waals surface area contributed by atoms with Gasteiger partial charge in [-0.2, -0.15) is 10.1 Å². The Morgan fingerprint density at radius 1 is 1.14 bits per heavy atom. The maximum Gasteiger partial charge on any atom is 0.279 e. The quantitative estimate of drug-likeness (QED) is 0.565. The van der Waals surface area contributed by atoms with Crippen LogP contribution in [0, 0.1) is 5.82 Å². The van der Waals surface area contributed by atoms with Gasteiger partial charge in [0.2, 0.25) is 5.95 Å². The van der Waals surface area contributed by atoms with Crippen LogP contribution in [0.1, 0.15) is 21.9 Å². The van der Waals surface area contributed by atoms with Crippen molar-refractivity contribution < 1.29 is 9.18 Å². The number of rotatable bonds is 4. The fourth-order valence-corrected chi connectivity index (χ4v) is 2.85. The number of hydrogen-bond acceptors (Lipinski definition) is 5. The fourth-order valence-electron chi connectivity index (χ4n) is 2.85. The Hall–Kier alpha value is -3.88. The Kier molecular flexibility index (Phi) is 4.40.